The van der Waals surface area contributed by atoms with Crippen molar-refractivity contribution in [1.82, 2.24) is 5.32 Å². The molecule has 0 saturated carbocycles. The second-order valence-electron chi connectivity index (χ2n) is 5.50. The first-order chi connectivity index (χ1) is 13.8. The lowest BCUT2D eigenvalue weighted by molar-refractivity contribution is -0.339. The lowest BCUT2D eigenvalue weighted by Gasteiger charge is -2.37. The van der Waals surface area contributed by atoms with Crippen molar-refractivity contribution in [3.8, 4) is 0 Å². The molecule has 23 heteroatoms. The van der Waals surface area contributed by atoms with Gasteiger partial charge in [0.05, 0.1) is 26.7 Å². The summed E-state index contributed by atoms with van der Waals surface area (Å²) in [5.74, 6) is -1.64. The third-order valence-electron chi connectivity index (χ3n) is 2.95. The van der Waals surface area contributed by atoms with E-state index in [0.717, 1.165) is 0 Å². The van der Waals surface area contributed by atoms with Gasteiger partial charge < -0.3 is 72.8 Å². The maximum absolute atomic E-state index is 11.7. The van der Waals surface area contributed by atoms with Gasteiger partial charge in [-0.1, -0.05) is 0 Å². The number of aliphatic hydroxyl groups excluding tert-OH is 2. The van der Waals surface area contributed by atoms with Crippen LogP contribution in [-0.4, -0.2) is 60.2 Å². The van der Waals surface area contributed by atoms with E-state index in [2.05, 4.69) is 17.7 Å². The lowest BCUT2D eigenvalue weighted by atomic mass is 10.1. The molecular weight excluding hydrogens is 522 g/mol. The van der Waals surface area contributed by atoms with Crippen LogP contribution in [0.1, 0.15) is 0 Å². The Morgan fingerprint density at radius 3 is 2.06 bits per heavy atom. The van der Waals surface area contributed by atoms with Gasteiger partial charge in [-0.05, 0) is 0 Å². The number of aliphatic hydroxyl groups is 2. The third kappa shape index (κ3) is 11.0. The van der Waals surface area contributed by atoms with E-state index in [1.165, 1.54) is 0 Å². The van der Waals surface area contributed by atoms with Crippen LogP contribution in [0, 0.1) is 0 Å². The minimum absolute atomic E-state index is 0.872. The van der Waals surface area contributed by atoms with E-state index in [4.69, 9.17) is 4.74 Å². The molecule has 0 aromatic heterocycles. The van der Waals surface area contributed by atoms with Crippen LogP contribution in [0.5, 0.6) is 0 Å². The normalized spacial score (nSPS) is 30.3. The molecule has 3 unspecified atom stereocenters. The molecule has 3 N–H and O–H groups in total. The lowest BCUT2D eigenvalue weighted by Crippen LogP contribution is -2.38. The van der Waals surface area contributed by atoms with Gasteiger partial charge in [0.1, 0.15) is 18.3 Å². The Bertz CT molecular complexity index is 825. The maximum atomic E-state index is 11.7. The summed E-state index contributed by atoms with van der Waals surface area (Å²) in [6.07, 6.45) is -9.15. The van der Waals surface area contributed by atoms with Gasteiger partial charge in [0.25, 0.3) is 15.6 Å². The molecule has 1 fully saturated rings. The highest BCUT2D eigenvalue weighted by molar-refractivity contribution is 7.64. The van der Waals surface area contributed by atoms with E-state index >= 15 is 0 Å². The van der Waals surface area contributed by atoms with Crippen LogP contribution in [0.3, 0.4) is 0 Å². The number of hydrogen-bond donors (Lipinski definition) is 3. The van der Waals surface area contributed by atoms with Crippen molar-refractivity contribution < 1.29 is 85.2 Å². The van der Waals surface area contributed by atoms with Crippen LogP contribution in [0.15, 0.2) is 0 Å². The Morgan fingerprint density at radius 2 is 1.55 bits per heavy atom. The molecule has 7 atom stereocenters. The number of phosphoric acid groups is 3. The highest BCUT2D eigenvalue weighted by Gasteiger charge is 2.45. The van der Waals surface area contributed by atoms with Crippen molar-refractivity contribution in [2.45, 2.75) is 24.6 Å². The monoisotopic (exact) mass is 535 g/mol. The number of carboxylic acid groups (broad SMARTS) is 1. The molecule has 19 nitrogen and oxygen atoms in total. The van der Waals surface area contributed by atoms with Crippen LogP contribution < -0.4 is 34.9 Å². The van der Waals surface area contributed by atoms with E-state index in [1.807, 2.05) is 5.32 Å². The molecule has 0 spiro atoms. The number of phosphoric ester groups is 1. The van der Waals surface area contributed by atoms with Gasteiger partial charge in [0.15, 0.2) is 13.9 Å². The van der Waals surface area contributed by atoms with Crippen molar-refractivity contribution in [2.24, 2.45) is 0 Å². The maximum Gasteiger partial charge on any atom is 0.278 e. The van der Waals surface area contributed by atoms with Crippen LogP contribution in [-0.2, 0) is 45.5 Å². The molecule has 1 aliphatic heterocycles. The van der Waals surface area contributed by atoms with Crippen molar-refractivity contribution in [3.63, 3.8) is 0 Å². The van der Waals surface area contributed by atoms with Crippen molar-refractivity contribution in [2.75, 3.05) is 19.4 Å². The minimum atomic E-state index is -6.23. The smallest absolute Gasteiger partial charge is 0.278 e. The number of carbonyl (C=O) groups is 1. The second kappa shape index (κ2) is 10.9. The topological polar surface area (TPSA) is 322 Å². The quantitative estimate of drug-likeness (QED) is 0.184. The molecule has 0 amide bonds. The van der Waals surface area contributed by atoms with Gasteiger partial charge in [-0.3, -0.25) is 13.4 Å². The fourth-order valence-corrected chi connectivity index (χ4v) is 5.69. The fourth-order valence-electron chi connectivity index (χ4n) is 1.88. The van der Waals surface area contributed by atoms with Gasteiger partial charge in [-0.15, -0.1) is 0 Å². The number of carbonyl (C=O) groups excluding carboxylic acids is 1. The Hall–Kier alpha value is -0.130. The zero-order chi connectivity index (χ0) is 24.3. The molecule has 1 saturated heterocycles. The zero-order valence-corrected chi connectivity index (χ0v) is 18.2. The number of rotatable bonds is 13. The van der Waals surface area contributed by atoms with Gasteiger partial charge in [-0.2, -0.15) is 0 Å². The summed E-state index contributed by atoms with van der Waals surface area (Å²) in [4.78, 5) is 64.7. The second-order valence-corrected chi connectivity index (χ2v) is 11.5. The van der Waals surface area contributed by atoms with Gasteiger partial charge >= 0.3 is 0 Å². The summed E-state index contributed by atoms with van der Waals surface area (Å²) < 4.78 is 63.7. The van der Waals surface area contributed by atoms with Crippen molar-refractivity contribution in [1.29, 1.82) is 0 Å². The summed E-state index contributed by atoms with van der Waals surface area (Å²) in [7, 11) is -23.3. The predicted molar refractivity (Wildman–Crippen MR) is 78.2 cm³/mol. The predicted octanol–water partition coefficient (Wildman–Crippen LogP) is -6.88. The number of nitrogens with one attached hydrogen (secondary N) is 1. The zero-order valence-electron chi connectivity index (χ0n) is 14.6. The fraction of sp³-hybridized carbons (Fsp3) is 0.875. The Balaban J connectivity index is 2.66. The molecule has 184 valence electrons. The summed E-state index contributed by atoms with van der Waals surface area (Å²) in [6, 6.07) is 0. The van der Waals surface area contributed by atoms with Crippen LogP contribution in [0.25, 0.3) is 0 Å². The van der Waals surface area contributed by atoms with Gasteiger partial charge in [-0.25, -0.2) is 4.31 Å². The van der Waals surface area contributed by atoms with Crippen molar-refractivity contribution >= 4 is 37.0 Å². The molecule has 0 radical (unpaired) electrons. The Kier molecular flexibility index (Phi) is 10.1. The molecule has 0 aliphatic carbocycles. The van der Waals surface area contributed by atoms with Crippen LogP contribution in [0.4, 0.5) is 0 Å². The molecule has 31 heavy (non-hydrogen) atoms. The van der Waals surface area contributed by atoms with E-state index in [0.29, 0.717) is 0 Å². The van der Waals surface area contributed by atoms with Crippen LogP contribution >= 0.6 is 31.1 Å². The van der Waals surface area contributed by atoms with Crippen molar-refractivity contribution in [3.05, 3.63) is 0 Å². The standard InChI is InChI=1S/C8H19NO18P4/c10-5(11)1-9-3-28(14,15)25-8-7(13)6(12)4(24-8)2-23-30(19,20)27-31(21,22)26-29(16,17)18/h4,6-9,12-13H,1-3H2,(H,10,11)(H,14,15)(H,19,20)(H,21,22)(H2,16,17,18)/p-6/t4-,6-,7-,8-/m1/s1. The van der Waals surface area contributed by atoms with E-state index in [9.17, 15) is 62.8 Å². The number of hydrogen-bond acceptors (Lipinski definition) is 19. The van der Waals surface area contributed by atoms with E-state index in [1.54, 1.807) is 0 Å². The highest BCUT2D eigenvalue weighted by Crippen LogP contribution is 2.60. The molecule has 0 bridgehead atoms. The first-order valence-electron chi connectivity index (χ1n) is 7.44. The summed E-state index contributed by atoms with van der Waals surface area (Å²) in [5.41, 5.74) is 0. The van der Waals surface area contributed by atoms with Gasteiger partial charge in [0, 0.05) is 6.54 Å². The third-order valence-corrected chi connectivity index (χ3v) is 7.76. The van der Waals surface area contributed by atoms with Gasteiger partial charge in [0.2, 0.25) is 0 Å². The molecular formula is C8H13NO18P4-6. The van der Waals surface area contributed by atoms with E-state index in [-0.39, 0.29) is 0 Å². The largest absolute Gasteiger partial charge is 0.790 e. The first kappa shape index (κ1) is 28.9. The molecule has 1 rings (SSSR count). The molecule has 0 aromatic rings. The SMILES string of the molecule is O=C([O-])CNCP(=O)([O-])O[C@H]1O[C@H](COP(=O)([O-])OP(=O)([O-])OP(=O)([O-])[O-])[C@@H](O)[C@H]1O. The first-order valence-corrected chi connectivity index (χ1v) is 13.6. The average molecular weight is 535 g/mol. The highest BCUT2D eigenvalue weighted by atomic mass is 31.3. The Labute approximate surface area is 172 Å². The summed E-state index contributed by atoms with van der Waals surface area (Å²) in [5, 5.41) is 31.6. The minimum Gasteiger partial charge on any atom is -0.790 e. The molecule has 1 heterocycles. The number of aliphatic carboxylic acids is 1. The Morgan fingerprint density at radius 1 is 0.968 bits per heavy atom. The molecule has 1 aliphatic rings. The number of carboxylic acids is 1. The molecule has 0 aromatic carbocycles. The summed E-state index contributed by atoms with van der Waals surface area (Å²) in [6.45, 7) is -2.18. The van der Waals surface area contributed by atoms with E-state index < -0.39 is 81.1 Å². The summed E-state index contributed by atoms with van der Waals surface area (Å²) >= 11 is 0. The van der Waals surface area contributed by atoms with Crippen LogP contribution in [0.2, 0.25) is 0 Å². The number of ether oxygens (including phenoxy) is 1. The average Bonchev–Trinajstić information content (AvgIpc) is 2.76.